The van der Waals surface area contributed by atoms with E-state index in [1.165, 1.54) is 0 Å². The number of carbonyl (C=O) groups is 2. The van der Waals surface area contributed by atoms with Crippen molar-refractivity contribution in [3.63, 3.8) is 0 Å². The number of nitrogens with zero attached hydrogens (tertiary/aromatic N) is 1. The lowest BCUT2D eigenvalue weighted by atomic mass is 10.2. The molecule has 0 saturated heterocycles. The number of anilines is 1. The summed E-state index contributed by atoms with van der Waals surface area (Å²) >= 11 is 1.16. The number of amides is 2. The molecule has 0 spiro atoms. The Hall–Kier alpha value is -2.45. The van der Waals surface area contributed by atoms with E-state index in [-0.39, 0.29) is 30.2 Å². The number of ether oxygens (including phenoxy) is 1. The van der Waals surface area contributed by atoms with Crippen molar-refractivity contribution in [3.05, 3.63) is 40.9 Å². The summed E-state index contributed by atoms with van der Waals surface area (Å²) in [5, 5.41) is 16.3. The van der Waals surface area contributed by atoms with Crippen LogP contribution >= 0.6 is 11.3 Å². The van der Waals surface area contributed by atoms with Crippen LogP contribution in [0.2, 0.25) is 0 Å². The van der Waals surface area contributed by atoms with Crippen LogP contribution in [0.4, 0.5) is 5.13 Å². The van der Waals surface area contributed by atoms with Crippen molar-refractivity contribution in [2.45, 2.75) is 19.4 Å². The number of aliphatic hydroxyl groups is 1. The first-order valence-corrected chi connectivity index (χ1v) is 8.28. The van der Waals surface area contributed by atoms with Gasteiger partial charge in [-0.2, -0.15) is 0 Å². The number of thiazole rings is 1. The summed E-state index contributed by atoms with van der Waals surface area (Å²) in [7, 11) is 1.55. The van der Waals surface area contributed by atoms with Crippen molar-refractivity contribution >= 4 is 28.3 Å². The number of carbonyl (C=O) groups excluding carboxylic acids is 2. The van der Waals surface area contributed by atoms with Gasteiger partial charge in [-0.3, -0.25) is 14.9 Å². The van der Waals surface area contributed by atoms with Gasteiger partial charge in [0.05, 0.1) is 19.8 Å². The molecule has 24 heavy (non-hydrogen) atoms. The normalized spacial score (nSPS) is 11.6. The minimum Gasteiger partial charge on any atom is -0.497 e. The number of rotatable bonds is 7. The highest BCUT2D eigenvalue weighted by Crippen LogP contribution is 2.18. The molecular formula is C16H19N3O4S. The van der Waals surface area contributed by atoms with Gasteiger partial charge in [-0.15, -0.1) is 11.3 Å². The highest BCUT2D eigenvalue weighted by molar-refractivity contribution is 7.14. The van der Waals surface area contributed by atoms with Gasteiger partial charge in [-0.05, 0) is 30.7 Å². The standard InChI is InChI=1S/C16H19N3O4S/c1-3-11(8-20)17-15(22)13-9-24-16(18-13)19-14(21)10-4-6-12(23-2)7-5-10/h4-7,9,11,20H,3,8H2,1-2H3,(H,17,22)(H,18,19,21). The van der Waals surface area contributed by atoms with Crippen LogP contribution in [0.15, 0.2) is 29.6 Å². The number of aliphatic hydroxyl groups excluding tert-OH is 1. The maximum Gasteiger partial charge on any atom is 0.271 e. The van der Waals surface area contributed by atoms with E-state index in [0.717, 1.165) is 11.3 Å². The Kier molecular flexibility index (Phi) is 6.28. The monoisotopic (exact) mass is 349 g/mol. The second kappa shape index (κ2) is 8.42. The first-order valence-electron chi connectivity index (χ1n) is 7.40. The predicted molar refractivity (Wildman–Crippen MR) is 91.7 cm³/mol. The van der Waals surface area contributed by atoms with Gasteiger partial charge in [-0.25, -0.2) is 4.98 Å². The maximum atomic E-state index is 12.1. The number of aromatic nitrogens is 1. The van der Waals surface area contributed by atoms with Crippen LogP contribution in [0.5, 0.6) is 5.75 Å². The predicted octanol–water partition coefficient (Wildman–Crippen LogP) is 1.90. The number of hydrogen-bond acceptors (Lipinski definition) is 6. The lowest BCUT2D eigenvalue weighted by Crippen LogP contribution is -2.37. The average molecular weight is 349 g/mol. The Labute approximate surface area is 143 Å². The molecule has 0 bridgehead atoms. The number of benzene rings is 1. The molecule has 0 radical (unpaired) electrons. The quantitative estimate of drug-likeness (QED) is 0.709. The van der Waals surface area contributed by atoms with E-state index in [2.05, 4.69) is 15.6 Å². The van der Waals surface area contributed by atoms with Crippen molar-refractivity contribution in [1.29, 1.82) is 0 Å². The molecule has 3 N–H and O–H groups in total. The number of hydrogen-bond donors (Lipinski definition) is 3. The number of nitrogens with one attached hydrogen (secondary N) is 2. The third-order valence-corrected chi connectivity index (χ3v) is 4.12. The largest absolute Gasteiger partial charge is 0.497 e. The molecule has 0 aliphatic carbocycles. The fraction of sp³-hybridized carbons (Fsp3) is 0.312. The second-order valence-electron chi connectivity index (χ2n) is 4.98. The zero-order valence-electron chi connectivity index (χ0n) is 13.4. The van der Waals surface area contributed by atoms with E-state index in [9.17, 15) is 9.59 Å². The van der Waals surface area contributed by atoms with Crippen LogP contribution in [0.1, 0.15) is 34.2 Å². The smallest absolute Gasteiger partial charge is 0.271 e. The highest BCUT2D eigenvalue weighted by atomic mass is 32.1. The van der Waals surface area contributed by atoms with Gasteiger partial charge in [0.1, 0.15) is 11.4 Å². The summed E-state index contributed by atoms with van der Waals surface area (Å²) in [5.74, 6) is -0.0352. The van der Waals surface area contributed by atoms with Gasteiger partial charge in [0.15, 0.2) is 5.13 Å². The van der Waals surface area contributed by atoms with E-state index in [1.807, 2.05) is 6.92 Å². The topological polar surface area (TPSA) is 101 Å². The lowest BCUT2D eigenvalue weighted by molar-refractivity contribution is 0.0909. The van der Waals surface area contributed by atoms with Crippen LogP contribution < -0.4 is 15.4 Å². The molecule has 0 fully saturated rings. The molecular weight excluding hydrogens is 330 g/mol. The van der Waals surface area contributed by atoms with Crippen molar-refractivity contribution in [2.75, 3.05) is 19.0 Å². The van der Waals surface area contributed by atoms with Crippen LogP contribution in [-0.4, -0.2) is 41.7 Å². The van der Waals surface area contributed by atoms with E-state index >= 15 is 0 Å². The highest BCUT2D eigenvalue weighted by Gasteiger charge is 2.16. The van der Waals surface area contributed by atoms with Gasteiger partial charge in [0.25, 0.3) is 11.8 Å². The molecule has 1 heterocycles. The van der Waals surface area contributed by atoms with E-state index in [4.69, 9.17) is 9.84 Å². The second-order valence-corrected chi connectivity index (χ2v) is 5.84. The fourth-order valence-electron chi connectivity index (χ4n) is 1.88. The van der Waals surface area contributed by atoms with Crippen molar-refractivity contribution in [2.24, 2.45) is 0 Å². The van der Waals surface area contributed by atoms with Gasteiger partial charge >= 0.3 is 0 Å². The summed E-state index contributed by atoms with van der Waals surface area (Å²) in [6.07, 6.45) is 0.618. The fourth-order valence-corrected chi connectivity index (χ4v) is 2.57. The van der Waals surface area contributed by atoms with Gasteiger partial charge in [0.2, 0.25) is 0 Å². The first-order chi connectivity index (χ1) is 11.6. The minimum absolute atomic E-state index is 0.132. The Morgan fingerprint density at radius 2 is 2.00 bits per heavy atom. The summed E-state index contributed by atoms with van der Waals surface area (Å²) in [6, 6.07) is 6.35. The molecule has 0 saturated carbocycles. The molecule has 8 heteroatoms. The van der Waals surface area contributed by atoms with Crippen molar-refractivity contribution in [1.82, 2.24) is 10.3 Å². The Balaban J connectivity index is 1.99. The van der Waals surface area contributed by atoms with Crippen LogP contribution in [0, 0.1) is 0 Å². The zero-order chi connectivity index (χ0) is 17.5. The van der Waals surface area contributed by atoms with Gasteiger partial charge in [0, 0.05) is 10.9 Å². The number of methoxy groups -OCH3 is 1. The van der Waals surface area contributed by atoms with Gasteiger partial charge < -0.3 is 15.2 Å². The Bertz CT molecular complexity index is 696. The Morgan fingerprint density at radius 1 is 1.29 bits per heavy atom. The van der Waals surface area contributed by atoms with E-state index in [1.54, 1.807) is 36.8 Å². The third kappa shape index (κ3) is 4.53. The molecule has 1 aromatic heterocycles. The van der Waals surface area contributed by atoms with Crippen LogP contribution in [-0.2, 0) is 0 Å². The minimum atomic E-state index is -0.378. The summed E-state index contributed by atoms with van der Waals surface area (Å²) < 4.78 is 5.04. The maximum absolute atomic E-state index is 12.1. The van der Waals surface area contributed by atoms with Gasteiger partial charge in [-0.1, -0.05) is 6.92 Å². The molecule has 2 amide bonds. The molecule has 7 nitrogen and oxygen atoms in total. The molecule has 0 aliphatic heterocycles. The molecule has 0 aliphatic rings. The zero-order valence-corrected chi connectivity index (χ0v) is 14.2. The molecule has 128 valence electrons. The van der Waals surface area contributed by atoms with Crippen LogP contribution in [0.3, 0.4) is 0 Å². The SMILES string of the molecule is CCC(CO)NC(=O)c1csc(NC(=O)c2ccc(OC)cc2)n1. The molecule has 2 rings (SSSR count). The van der Waals surface area contributed by atoms with Crippen molar-refractivity contribution in [3.8, 4) is 5.75 Å². The van der Waals surface area contributed by atoms with E-state index < -0.39 is 0 Å². The lowest BCUT2D eigenvalue weighted by Gasteiger charge is -2.12. The Morgan fingerprint density at radius 3 is 2.58 bits per heavy atom. The molecule has 1 atom stereocenters. The summed E-state index contributed by atoms with van der Waals surface area (Å²) in [5.41, 5.74) is 0.667. The van der Waals surface area contributed by atoms with Crippen molar-refractivity contribution < 1.29 is 19.4 Å². The average Bonchev–Trinajstić information content (AvgIpc) is 3.08. The molecule has 1 aromatic carbocycles. The first kappa shape index (κ1) is 17.9. The molecule has 2 aromatic rings. The molecule has 1 unspecified atom stereocenters. The third-order valence-electron chi connectivity index (χ3n) is 3.36. The summed E-state index contributed by atoms with van der Waals surface area (Å²) in [4.78, 5) is 28.3. The summed E-state index contributed by atoms with van der Waals surface area (Å²) in [6.45, 7) is 1.73. The van der Waals surface area contributed by atoms with E-state index in [0.29, 0.717) is 22.9 Å². The van der Waals surface area contributed by atoms with Crippen LogP contribution in [0.25, 0.3) is 0 Å².